The van der Waals surface area contributed by atoms with Gasteiger partial charge in [0.2, 0.25) is 0 Å². The summed E-state index contributed by atoms with van der Waals surface area (Å²) in [4.78, 5) is 10.0. The average molecular weight is 630 g/mol. The van der Waals surface area contributed by atoms with Crippen molar-refractivity contribution in [3.8, 4) is 39.6 Å². The fourth-order valence-corrected chi connectivity index (χ4v) is 8.34. The van der Waals surface area contributed by atoms with Crippen molar-refractivity contribution in [2.24, 2.45) is 0 Å². The number of hydrogen-bond donors (Lipinski definition) is 0. The summed E-state index contributed by atoms with van der Waals surface area (Å²) in [5.74, 6) is 0.720. The number of benzene rings is 7. The molecule has 3 aromatic heterocycles. The van der Waals surface area contributed by atoms with Crippen LogP contribution in [0.1, 0.15) is 0 Å². The van der Waals surface area contributed by atoms with E-state index in [4.69, 9.17) is 9.97 Å². The zero-order valence-electron chi connectivity index (χ0n) is 25.8. The summed E-state index contributed by atoms with van der Waals surface area (Å²) in [6, 6.07) is 58.2. The quantitative estimate of drug-likeness (QED) is 0.194. The first-order valence-electron chi connectivity index (χ1n) is 16.2. The smallest absolute Gasteiger partial charge is 0.160 e. The molecule has 7 aromatic carbocycles. The van der Waals surface area contributed by atoms with Crippen LogP contribution in [0.4, 0.5) is 0 Å². The van der Waals surface area contributed by atoms with E-state index >= 15 is 0 Å². The van der Waals surface area contributed by atoms with Crippen LogP contribution in [0.2, 0.25) is 0 Å². The van der Waals surface area contributed by atoms with Gasteiger partial charge in [-0.25, -0.2) is 9.97 Å². The molecule has 0 saturated heterocycles. The third kappa shape index (κ3) is 4.20. The normalized spacial score (nSPS) is 11.8. The second-order valence-corrected chi connectivity index (χ2v) is 13.3. The molecule has 0 saturated carbocycles. The molecule has 0 bridgehead atoms. The molecule has 0 aliphatic rings. The van der Waals surface area contributed by atoms with Gasteiger partial charge in [0.15, 0.2) is 5.82 Å². The first-order chi connectivity index (χ1) is 23.8. The first kappa shape index (κ1) is 27.1. The summed E-state index contributed by atoms with van der Waals surface area (Å²) in [6.07, 6.45) is 0. The number of nitrogens with zero attached hydrogens (tertiary/aromatic N) is 3. The van der Waals surface area contributed by atoms with E-state index in [1.807, 2.05) is 35.6 Å². The number of aromatic nitrogens is 3. The number of rotatable bonds is 4. The lowest BCUT2D eigenvalue weighted by Crippen LogP contribution is -1.97. The molecule has 3 nitrogen and oxygen atoms in total. The van der Waals surface area contributed by atoms with E-state index in [-0.39, 0.29) is 0 Å². The predicted molar refractivity (Wildman–Crippen MR) is 203 cm³/mol. The molecule has 0 amide bonds. The van der Waals surface area contributed by atoms with Gasteiger partial charge >= 0.3 is 0 Å². The molecule has 224 valence electrons. The van der Waals surface area contributed by atoms with Gasteiger partial charge in [-0.1, -0.05) is 121 Å². The molecule has 4 heteroatoms. The minimum absolute atomic E-state index is 0.720. The van der Waals surface area contributed by atoms with Crippen LogP contribution in [-0.4, -0.2) is 14.5 Å². The summed E-state index contributed by atoms with van der Waals surface area (Å²) < 4.78 is 5.05. The van der Waals surface area contributed by atoms with Gasteiger partial charge in [-0.3, -0.25) is 0 Å². The Hall–Kier alpha value is -6.10. The van der Waals surface area contributed by atoms with Gasteiger partial charge in [0.25, 0.3) is 0 Å². The van der Waals surface area contributed by atoms with Crippen LogP contribution >= 0.6 is 11.3 Å². The van der Waals surface area contributed by atoms with Gasteiger partial charge in [0, 0.05) is 53.3 Å². The SMILES string of the molecule is c1ccc(-c2cc(-c3ccc(-n4c5ccccc5c5c6c(ccc54)sc4ccc5ccccc5c46)cc3)nc(-c3ccccc3)n2)cc1. The lowest BCUT2D eigenvalue weighted by atomic mass is 10.0. The number of fused-ring (bicyclic) bond motifs is 9. The Morgan fingerprint density at radius 3 is 1.79 bits per heavy atom. The first-order valence-corrected chi connectivity index (χ1v) is 17.0. The van der Waals surface area contributed by atoms with Crippen LogP contribution in [0, 0.1) is 0 Å². The van der Waals surface area contributed by atoms with Crippen LogP contribution in [0.25, 0.3) is 92.3 Å². The minimum Gasteiger partial charge on any atom is -0.309 e. The second-order valence-electron chi connectivity index (χ2n) is 12.2. The molecule has 0 N–H and O–H groups in total. The molecular weight excluding hydrogens is 603 g/mol. The highest BCUT2D eigenvalue weighted by atomic mass is 32.1. The average Bonchev–Trinajstić information content (AvgIpc) is 3.71. The molecule has 10 rings (SSSR count). The molecule has 0 fully saturated rings. The van der Waals surface area contributed by atoms with Crippen LogP contribution < -0.4 is 0 Å². The van der Waals surface area contributed by atoms with E-state index in [2.05, 4.69) is 144 Å². The van der Waals surface area contributed by atoms with Crippen LogP contribution in [-0.2, 0) is 0 Å². The molecule has 48 heavy (non-hydrogen) atoms. The molecule has 0 radical (unpaired) electrons. The van der Waals surface area contributed by atoms with Crippen molar-refractivity contribution < 1.29 is 0 Å². The number of para-hydroxylation sites is 1. The van der Waals surface area contributed by atoms with E-state index < -0.39 is 0 Å². The van der Waals surface area contributed by atoms with Gasteiger partial charge in [-0.05, 0) is 53.2 Å². The monoisotopic (exact) mass is 629 g/mol. The summed E-state index contributed by atoms with van der Waals surface area (Å²) in [6.45, 7) is 0. The second kappa shape index (κ2) is 10.7. The fraction of sp³-hybridized carbons (Fsp3) is 0. The Morgan fingerprint density at radius 2 is 1.02 bits per heavy atom. The maximum atomic E-state index is 5.06. The van der Waals surface area contributed by atoms with Gasteiger partial charge < -0.3 is 4.57 Å². The van der Waals surface area contributed by atoms with E-state index in [0.717, 1.165) is 39.6 Å². The maximum absolute atomic E-state index is 5.06. The lowest BCUT2D eigenvalue weighted by molar-refractivity contribution is 1.17. The fourth-order valence-electron chi connectivity index (χ4n) is 7.22. The Balaban J connectivity index is 1.17. The summed E-state index contributed by atoms with van der Waals surface area (Å²) in [5.41, 5.74) is 8.46. The summed E-state index contributed by atoms with van der Waals surface area (Å²) in [7, 11) is 0. The van der Waals surface area contributed by atoms with Crippen molar-refractivity contribution in [3.63, 3.8) is 0 Å². The molecule has 0 unspecified atom stereocenters. The molecule has 0 aliphatic carbocycles. The highest BCUT2D eigenvalue weighted by Crippen LogP contribution is 2.45. The third-order valence-electron chi connectivity index (χ3n) is 9.41. The van der Waals surface area contributed by atoms with Crippen LogP contribution in [0.15, 0.2) is 164 Å². The molecule has 3 heterocycles. The van der Waals surface area contributed by atoms with Crippen molar-refractivity contribution >= 4 is 64.1 Å². The maximum Gasteiger partial charge on any atom is 0.160 e. The van der Waals surface area contributed by atoms with E-state index in [1.165, 1.54) is 52.8 Å². The Kier molecular flexibility index (Phi) is 6.05. The Morgan fingerprint density at radius 1 is 0.417 bits per heavy atom. The van der Waals surface area contributed by atoms with Crippen molar-refractivity contribution in [1.82, 2.24) is 14.5 Å². The molecule has 0 atom stereocenters. The Labute approximate surface area is 281 Å². The topological polar surface area (TPSA) is 30.7 Å². The van der Waals surface area contributed by atoms with Gasteiger partial charge in [-0.2, -0.15) is 0 Å². The van der Waals surface area contributed by atoms with E-state index in [0.29, 0.717) is 0 Å². The standard InChI is InChI=1S/C44H27N3S/c1-3-12-29(13-4-1)35-27-36(46-44(45-35)31-14-5-2-6-15-31)30-19-22-32(23-20-30)47-37-18-10-9-17-34(37)41-38(47)24-26-40-43(41)42-33-16-8-7-11-28(33)21-25-39(42)48-40/h1-27H. The van der Waals surface area contributed by atoms with Crippen molar-refractivity contribution in [3.05, 3.63) is 164 Å². The zero-order chi connectivity index (χ0) is 31.6. The summed E-state index contributed by atoms with van der Waals surface area (Å²) >= 11 is 1.88. The molecule has 0 aliphatic heterocycles. The van der Waals surface area contributed by atoms with Gasteiger partial charge in [0.1, 0.15) is 0 Å². The molecule has 0 spiro atoms. The number of hydrogen-bond acceptors (Lipinski definition) is 3. The van der Waals surface area contributed by atoms with Crippen molar-refractivity contribution in [2.45, 2.75) is 0 Å². The predicted octanol–water partition coefficient (Wildman–Crippen LogP) is 12.1. The van der Waals surface area contributed by atoms with Crippen molar-refractivity contribution in [2.75, 3.05) is 0 Å². The van der Waals surface area contributed by atoms with Crippen molar-refractivity contribution in [1.29, 1.82) is 0 Å². The largest absolute Gasteiger partial charge is 0.309 e. The van der Waals surface area contributed by atoms with Crippen LogP contribution in [0.5, 0.6) is 0 Å². The summed E-state index contributed by atoms with van der Waals surface area (Å²) in [5, 5.41) is 7.86. The lowest BCUT2D eigenvalue weighted by Gasteiger charge is -2.11. The number of thiophene rings is 1. The molecular formula is C44H27N3S. The zero-order valence-corrected chi connectivity index (χ0v) is 26.7. The van der Waals surface area contributed by atoms with Crippen LogP contribution in [0.3, 0.4) is 0 Å². The minimum atomic E-state index is 0.720. The highest BCUT2D eigenvalue weighted by Gasteiger charge is 2.19. The van der Waals surface area contributed by atoms with E-state index in [1.54, 1.807) is 0 Å². The molecule has 10 aromatic rings. The highest BCUT2D eigenvalue weighted by molar-refractivity contribution is 7.26. The van der Waals surface area contributed by atoms with Gasteiger partial charge in [-0.15, -0.1) is 11.3 Å². The Bertz CT molecular complexity index is 2760. The third-order valence-corrected chi connectivity index (χ3v) is 10.5. The van der Waals surface area contributed by atoms with Gasteiger partial charge in [0.05, 0.1) is 22.4 Å². The van der Waals surface area contributed by atoms with E-state index in [9.17, 15) is 0 Å².